The average molecular weight is 311 g/mol. The van der Waals surface area contributed by atoms with E-state index < -0.39 is 12.2 Å². The molecule has 4 nitrogen and oxygen atoms in total. The predicted molar refractivity (Wildman–Crippen MR) is 88.6 cm³/mol. The number of aliphatic hydroxyl groups is 3. The number of rotatable bonds is 6. The molecule has 4 heteroatoms. The molecule has 2 fully saturated rings. The molecule has 0 bridgehead atoms. The van der Waals surface area contributed by atoms with Gasteiger partial charge in [0.05, 0.1) is 18.8 Å². The lowest BCUT2D eigenvalue weighted by Crippen LogP contribution is -2.53. The Labute approximate surface area is 134 Å². The molecule has 2 rings (SSSR count). The Hall–Kier alpha value is -0.420. The van der Waals surface area contributed by atoms with Crippen LogP contribution in [0.2, 0.25) is 0 Å². The Bertz CT molecular complexity index is 360. The molecule has 22 heavy (non-hydrogen) atoms. The fraction of sp³-hybridized carbons (Fsp3) is 0.889. The van der Waals surface area contributed by atoms with Crippen LogP contribution in [-0.4, -0.2) is 58.2 Å². The van der Waals surface area contributed by atoms with Crippen molar-refractivity contribution >= 4 is 0 Å². The summed E-state index contributed by atoms with van der Waals surface area (Å²) in [6, 6.07) is -0.00659. The first kappa shape index (κ1) is 17.9. The van der Waals surface area contributed by atoms with Gasteiger partial charge in [-0.1, -0.05) is 31.9 Å². The Balaban J connectivity index is 1.68. The van der Waals surface area contributed by atoms with Crippen molar-refractivity contribution < 1.29 is 15.3 Å². The summed E-state index contributed by atoms with van der Waals surface area (Å²) in [5.74, 6) is 1.57. The van der Waals surface area contributed by atoms with Crippen LogP contribution in [-0.2, 0) is 0 Å². The van der Waals surface area contributed by atoms with Crippen LogP contribution < -0.4 is 0 Å². The van der Waals surface area contributed by atoms with Gasteiger partial charge in [0.1, 0.15) is 0 Å². The lowest BCUT2D eigenvalue weighted by Gasteiger charge is -2.39. The van der Waals surface area contributed by atoms with E-state index in [1.807, 2.05) is 0 Å². The third-order valence-corrected chi connectivity index (χ3v) is 5.36. The van der Waals surface area contributed by atoms with Crippen molar-refractivity contribution in [1.82, 2.24) is 4.90 Å². The second-order valence-electron chi connectivity index (χ2n) is 7.56. The molecule has 0 spiro atoms. The lowest BCUT2D eigenvalue weighted by molar-refractivity contribution is -0.0711. The largest absolute Gasteiger partial charge is 0.395 e. The fourth-order valence-electron chi connectivity index (χ4n) is 4.25. The average Bonchev–Trinajstić information content (AvgIpc) is 2.45. The molecule has 5 atom stereocenters. The van der Waals surface area contributed by atoms with Crippen molar-refractivity contribution in [3.8, 4) is 0 Å². The highest BCUT2D eigenvalue weighted by atomic mass is 16.3. The SMILES string of the molecule is C=C1CC(C)CC(CCCCN2C[C@H](O)C(O)C[C@@H]2CO)C1. The molecule has 0 radical (unpaired) electrons. The van der Waals surface area contributed by atoms with Gasteiger partial charge in [-0.25, -0.2) is 0 Å². The van der Waals surface area contributed by atoms with E-state index >= 15 is 0 Å². The van der Waals surface area contributed by atoms with Crippen LogP contribution in [0.5, 0.6) is 0 Å². The number of hydrogen-bond acceptors (Lipinski definition) is 4. The molecule has 1 saturated carbocycles. The van der Waals surface area contributed by atoms with Crippen LogP contribution in [0, 0.1) is 11.8 Å². The zero-order valence-electron chi connectivity index (χ0n) is 14.0. The molecular formula is C18H33NO3. The van der Waals surface area contributed by atoms with Crippen LogP contribution in [0.3, 0.4) is 0 Å². The molecule has 2 aliphatic rings. The van der Waals surface area contributed by atoms with Gasteiger partial charge >= 0.3 is 0 Å². The fourth-order valence-corrected chi connectivity index (χ4v) is 4.25. The summed E-state index contributed by atoms with van der Waals surface area (Å²) in [6.45, 7) is 7.92. The first-order chi connectivity index (χ1) is 10.5. The number of unbranched alkanes of at least 4 members (excludes halogenated alkanes) is 1. The molecule has 0 aromatic carbocycles. The Morgan fingerprint density at radius 3 is 2.59 bits per heavy atom. The van der Waals surface area contributed by atoms with Gasteiger partial charge in [-0.15, -0.1) is 0 Å². The van der Waals surface area contributed by atoms with E-state index in [2.05, 4.69) is 18.4 Å². The molecule has 0 amide bonds. The molecule has 1 heterocycles. The lowest BCUT2D eigenvalue weighted by atomic mass is 9.78. The van der Waals surface area contributed by atoms with Gasteiger partial charge in [0.2, 0.25) is 0 Å². The number of β-amino-alcohol motifs (C(OH)–C–C–N with tert-alkyl or cyclic N) is 1. The van der Waals surface area contributed by atoms with Gasteiger partial charge in [-0.05, 0) is 50.5 Å². The van der Waals surface area contributed by atoms with Gasteiger partial charge in [-0.2, -0.15) is 0 Å². The number of aliphatic hydroxyl groups excluding tert-OH is 3. The number of hydrogen-bond donors (Lipinski definition) is 3. The third kappa shape index (κ3) is 5.05. The highest BCUT2D eigenvalue weighted by Crippen LogP contribution is 2.34. The molecular weight excluding hydrogens is 278 g/mol. The van der Waals surface area contributed by atoms with Gasteiger partial charge in [0.25, 0.3) is 0 Å². The summed E-state index contributed by atoms with van der Waals surface area (Å²) in [7, 11) is 0. The van der Waals surface area contributed by atoms with E-state index in [9.17, 15) is 15.3 Å². The second-order valence-corrected chi connectivity index (χ2v) is 7.56. The maximum absolute atomic E-state index is 9.80. The van der Waals surface area contributed by atoms with Crippen molar-refractivity contribution in [1.29, 1.82) is 0 Å². The minimum absolute atomic E-state index is 0.00659. The van der Waals surface area contributed by atoms with Crippen LogP contribution in [0.4, 0.5) is 0 Å². The highest BCUT2D eigenvalue weighted by molar-refractivity contribution is 5.01. The summed E-state index contributed by atoms with van der Waals surface area (Å²) in [6.07, 6.45) is 6.36. The zero-order chi connectivity index (χ0) is 16.1. The summed E-state index contributed by atoms with van der Waals surface area (Å²) in [5.41, 5.74) is 1.41. The van der Waals surface area contributed by atoms with Crippen LogP contribution in [0.15, 0.2) is 12.2 Å². The van der Waals surface area contributed by atoms with E-state index in [1.165, 1.54) is 37.7 Å². The summed E-state index contributed by atoms with van der Waals surface area (Å²) >= 11 is 0. The van der Waals surface area contributed by atoms with Crippen molar-refractivity contribution in [3.63, 3.8) is 0 Å². The smallest absolute Gasteiger partial charge is 0.0926 e. The second kappa shape index (κ2) is 8.44. The van der Waals surface area contributed by atoms with E-state index in [-0.39, 0.29) is 12.6 Å². The Morgan fingerprint density at radius 2 is 1.91 bits per heavy atom. The molecule has 1 aliphatic carbocycles. The van der Waals surface area contributed by atoms with Crippen molar-refractivity contribution in [2.75, 3.05) is 19.7 Å². The standard InChI is InChI=1S/C18H33NO3/c1-13-7-14(2)9-15(8-13)5-3-4-6-19-11-18(22)17(21)10-16(19)12-20/h14-18,20-22H,1,3-12H2,2H3/t14?,15?,16-,17?,18+/m1/s1. The van der Waals surface area contributed by atoms with Crippen molar-refractivity contribution in [2.45, 2.75) is 70.1 Å². The van der Waals surface area contributed by atoms with E-state index in [1.54, 1.807) is 0 Å². The maximum atomic E-state index is 9.80. The predicted octanol–water partition coefficient (Wildman–Crippen LogP) is 1.94. The molecule has 1 saturated heterocycles. The summed E-state index contributed by atoms with van der Waals surface area (Å²) in [4.78, 5) is 2.14. The normalized spacial score (nSPS) is 37.5. The first-order valence-corrected chi connectivity index (χ1v) is 8.87. The van der Waals surface area contributed by atoms with E-state index in [0.29, 0.717) is 13.0 Å². The molecule has 1 aliphatic heterocycles. The van der Waals surface area contributed by atoms with Crippen LogP contribution >= 0.6 is 0 Å². The minimum atomic E-state index is -0.692. The first-order valence-electron chi connectivity index (χ1n) is 8.87. The quantitative estimate of drug-likeness (QED) is 0.518. The number of nitrogens with zero attached hydrogens (tertiary/aromatic N) is 1. The minimum Gasteiger partial charge on any atom is -0.395 e. The number of allylic oxidation sites excluding steroid dienone is 1. The summed E-state index contributed by atoms with van der Waals surface area (Å²) in [5, 5.41) is 28.9. The van der Waals surface area contributed by atoms with Gasteiger partial charge < -0.3 is 15.3 Å². The van der Waals surface area contributed by atoms with Gasteiger partial charge in [0, 0.05) is 12.6 Å². The molecule has 3 N–H and O–H groups in total. The van der Waals surface area contributed by atoms with Crippen LogP contribution in [0.1, 0.15) is 51.9 Å². The van der Waals surface area contributed by atoms with Gasteiger partial charge in [0.15, 0.2) is 0 Å². The summed E-state index contributed by atoms with van der Waals surface area (Å²) < 4.78 is 0. The van der Waals surface area contributed by atoms with Crippen LogP contribution in [0.25, 0.3) is 0 Å². The third-order valence-electron chi connectivity index (χ3n) is 5.36. The maximum Gasteiger partial charge on any atom is 0.0926 e. The van der Waals surface area contributed by atoms with E-state index in [0.717, 1.165) is 24.8 Å². The zero-order valence-corrected chi connectivity index (χ0v) is 14.0. The van der Waals surface area contributed by atoms with Crippen molar-refractivity contribution in [2.24, 2.45) is 11.8 Å². The number of piperidine rings is 1. The monoisotopic (exact) mass is 311 g/mol. The number of likely N-dealkylation sites (tertiary alicyclic amines) is 1. The molecule has 128 valence electrons. The van der Waals surface area contributed by atoms with Crippen molar-refractivity contribution in [3.05, 3.63) is 12.2 Å². The Morgan fingerprint density at radius 1 is 1.14 bits per heavy atom. The topological polar surface area (TPSA) is 63.9 Å². The molecule has 0 aromatic heterocycles. The Kier molecular flexibility index (Phi) is 6.87. The highest BCUT2D eigenvalue weighted by Gasteiger charge is 2.32. The molecule has 3 unspecified atom stereocenters. The van der Waals surface area contributed by atoms with Gasteiger partial charge in [-0.3, -0.25) is 4.90 Å². The molecule has 0 aromatic rings. The van der Waals surface area contributed by atoms with E-state index in [4.69, 9.17) is 0 Å².